The second-order valence-electron chi connectivity index (χ2n) is 6.77. The maximum Gasteiger partial charge on any atom is 0.263 e. The Kier molecular flexibility index (Phi) is 7.78. The molecule has 0 radical (unpaired) electrons. The summed E-state index contributed by atoms with van der Waals surface area (Å²) >= 11 is 1.38. The van der Waals surface area contributed by atoms with Gasteiger partial charge in [-0.05, 0) is 38.0 Å². The van der Waals surface area contributed by atoms with Crippen molar-refractivity contribution in [3.05, 3.63) is 81.3 Å². The molecule has 29 heavy (non-hydrogen) atoms. The quantitative estimate of drug-likeness (QED) is 0.493. The van der Waals surface area contributed by atoms with E-state index < -0.39 is 0 Å². The first-order valence-electron chi connectivity index (χ1n) is 9.67. The van der Waals surface area contributed by atoms with Crippen LogP contribution in [-0.4, -0.2) is 24.0 Å². The van der Waals surface area contributed by atoms with Crippen LogP contribution in [0.4, 0.5) is 0 Å². The van der Waals surface area contributed by atoms with Gasteiger partial charge in [-0.15, -0.1) is 11.3 Å². The van der Waals surface area contributed by atoms with Crippen LogP contribution in [0.1, 0.15) is 37.9 Å². The maximum atomic E-state index is 12.4. The number of rotatable bonds is 10. The minimum atomic E-state index is -0.0929. The van der Waals surface area contributed by atoms with Gasteiger partial charge >= 0.3 is 0 Å². The first-order valence-corrected chi connectivity index (χ1v) is 10.5. The third kappa shape index (κ3) is 6.69. The van der Waals surface area contributed by atoms with Gasteiger partial charge in [-0.1, -0.05) is 48.0 Å². The summed E-state index contributed by atoms with van der Waals surface area (Å²) in [4.78, 5) is 17.5. The average molecular weight is 411 g/mol. The van der Waals surface area contributed by atoms with Crippen molar-refractivity contribution in [1.29, 1.82) is 0 Å². The number of carbonyl (C=O) groups is 1. The number of aromatic nitrogens is 1. The van der Waals surface area contributed by atoms with Crippen molar-refractivity contribution in [2.45, 2.75) is 33.5 Å². The van der Waals surface area contributed by atoms with E-state index in [1.54, 1.807) is 0 Å². The predicted molar refractivity (Wildman–Crippen MR) is 115 cm³/mol. The van der Waals surface area contributed by atoms with Crippen LogP contribution < -0.4 is 10.1 Å². The van der Waals surface area contributed by atoms with Gasteiger partial charge < -0.3 is 14.8 Å². The van der Waals surface area contributed by atoms with E-state index in [2.05, 4.69) is 10.3 Å². The summed E-state index contributed by atoms with van der Waals surface area (Å²) in [5, 5.41) is 3.73. The number of ether oxygens (including phenoxy) is 2. The van der Waals surface area contributed by atoms with Crippen LogP contribution >= 0.6 is 11.3 Å². The molecule has 1 heterocycles. The number of nitrogens with one attached hydrogen (secondary N) is 1. The van der Waals surface area contributed by atoms with Gasteiger partial charge in [0.15, 0.2) is 0 Å². The third-order valence-corrected chi connectivity index (χ3v) is 5.42. The van der Waals surface area contributed by atoms with Gasteiger partial charge in [0.2, 0.25) is 0 Å². The molecular formula is C23H26N2O3S. The maximum absolute atomic E-state index is 12.4. The molecule has 5 nitrogen and oxygen atoms in total. The fourth-order valence-electron chi connectivity index (χ4n) is 2.72. The molecule has 0 saturated carbocycles. The highest BCUT2D eigenvalue weighted by Gasteiger charge is 2.15. The molecule has 6 heteroatoms. The van der Waals surface area contributed by atoms with Crippen LogP contribution in [0.3, 0.4) is 0 Å². The van der Waals surface area contributed by atoms with Crippen molar-refractivity contribution in [2.24, 2.45) is 0 Å². The highest BCUT2D eigenvalue weighted by atomic mass is 32.1. The summed E-state index contributed by atoms with van der Waals surface area (Å²) in [6.45, 7) is 6.01. The Balaban J connectivity index is 1.38. The van der Waals surface area contributed by atoms with E-state index in [1.807, 2.05) is 68.4 Å². The molecule has 1 aromatic heterocycles. The number of aryl methyl sites for hydroxylation is 2. The van der Waals surface area contributed by atoms with E-state index in [0.717, 1.165) is 28.4 Å². The zero-order valence-corrected chi connectivity index (χ0v) is 17.6. The van der Waals surface area contributed by atoms with Crippen molar-refractivity contribution in [1.82, 2.24) is 10.3 Å². The van der Waals surface area contributed by atoms with E-state index in [-0.39, 0.29) is 5.91 Å². The van der Waals surface area contributed by atoms with Crippen LogP contribution in [0.25, 0.3) is 0 Å². The van der Waals surface area contributed by atoms with E-state index in [1.165, 1.54) is 16.9 Å². The SMILES string of the molecule is Cc1ccc(OCc2nc(C)c(C(=O)NCCCOCc3ccccc3)s2)cc1. The smallest absolute Gasteiger partial charge is 0.263 e. The van der Waals surface area contributed by atoms with Gasteiger partial charge in [-0.25, -0.2) is 4.98 Å². The zero-order valence-electron chi connectivity index (χ0n) is 16.8. The average Bonchev–Trinajstić information content (AvgIpc) is 3.11. The minimum Gasteiger partial charge on any atom is -0.486 e. The normalized spacial score (nSPS) is 10.7. The van der Waals surface area contributed by atoms with Gasteiger partial charge in [-0.3, -0.25) is 4.79 Å². The monoisotopic (exact) mass is 410 g/mol. The lowest BCUT2D eigenvalue weighted by Crippen LogP contribution is -2.25. The summed E-state index contributed by atoms with van der Waals surface area (Å²) in [7, 11) is 0. The lowest BCUT2D eigenvalue weighted by atomic mass is 10.2. The lowest BCUT2D eigenvalue weighted by Gasteiger charge is -2.06. The molecule has 1 N–H and O–H groups in total. The molecule has 0 spiro atoms. The summed E-state index contributed by atoms with van der Waals surface area (Å²) in [5.41, 5.74) is 3.07. The van der Waals surface area contributed by atoms with Gasteiger partial charge in [0.1, 0.15) is 22.2 Å². The van der Waals surface area contributed by atoms with Crippen LogP contribution in [-0.2, 0) is 18.0 Å². The molecule has 152 valence electrons. The topological polar surface area (TPSA) is 60.5 Å². The van der Waals surface area contributed by atoms with E-state index >= 15 is 0 Å². The van der Waals surface area contributed by atoms with Gasteiger partial charge in [0.25, 0.3) is 5.91 Å². The van der Waals surface area contributed by atoms with Crippen molar-refractivity contribution < 1.29 is 14.3 Å². The summed E-state index contributed by atoms with van der Waals surface area (Å²) < 4.78 is 11.4. The molecule has 0 fully saturated rings. The molecular weight excluding hydrogens is 384 g/mol. The van der Waals surface area contributed by atoms with Crippen molar-refractivity contribution in [3.8, 4) is 5.75 Å². The van der Waals surface area contributed by atoms with Crippen LogP contribution in [0.5, 0.6) is 5.75 Å². The second kappa shape index (κ2) is 10.7. The number of amides is 1. The Bertz CT molecular complexity index is 908. The summed E-state index contributed by atoms with van der Waals surface area (Å²) in [6.07, 6.45) is 0.764. The number of thiazole rings is 1. The number of carbonyl (C=O) groups excluding carboxylic acids is 1. The Hall–Kier alpha value is -2.70. The lowest BCUT2D eigenvalue weighted by molar-refractivity contribution is 0.0937. The molecule has 0 bridgehead atoms. The van der Waals surface area contributed by atoms with Gasteiger partial charge in [0, 0.05) is 13.2 Å². The minimum absolute atomic E-state index is 0.0929. The van der Waals surface area contributed by atoms with Crippen LogP contribution in [0.15, 0.2) is 54.6 Å². The Morgan fingerprint density at radius 1 is 1.03 bits per heavy atom. The van der Waals surface area contributed by atoms with E-state index in [9.17, 15) is 4.79 Å². The second-order valence-corrected chi connectivity index (χ2v) is 7.86. The molecule has 0 aliphatic heterocycles. The number of benzene rings is 2. The van der Waals surface area contributed by atoms with Crippen LogP contribution in [0.2, 0.25) is 0 Å². The highest BCUT2D eigenvalue weighted by Crippen LogP contribution is 2.20. The molecule has 1 amide bonds. The van der Waals surface area contributed by atoms with E-state index in [4.69, 9.17) is 9.47 Å². The molecule has 2 aromatic carbocycles. The van der Waals surface area contributed by atoms with Crippen molar-refractivity contribution >= 4 is 17.2 Å². The first-order chi connectivity index (χ1) is 14.1. The van der Waals surface area contributed by atoms with Crippen molar-refractivity contribution in [2.75, 3.05) is 13.2 Å². The summed E-state index contributed by atoms with van der Waals surface area (Å²) in [5.74, 6) is 0.703. The first kappa shape index (κ1) is 21.0. The third-order valence-electron chi connectivity index (χ3n) is 4.29. The highest BCUT2D eigenvalue weighted by molar-refractivity contribution is 7.13. The Morgan fingerprint density at radius 3 is 2.55 bits per heavy atom. The molecule has 0 aliphatic rings. The van der Waals surface area contributed by atoms with Crippen molar-refractivity contribution in [3.63, 3.8) is 0 Å². The number of hydrogen-bond acceptors (Lipinski definition) is 5. The molecule has 0 saturated heterocycles. The standard InChI is InChI=1S/C23H26N2O3S/c1-17-9-11-20(12-10-17)28-16-21-25-18(2)22(29-21)23(26)24-13-6-14-27-15-19-7-4-3-5-8-19/h3-5,7-12H,6,13-16H2,1-2H3,(H,24,26). The molecule has 0 aliphatic carbocycles. The van der Waals surface area contributed by atoms with Gasteiger partial charge in [-0.2, -0.15) is 0 Å². The van der Waals surface area contributed by atoms with Gasteiger partial charge in [0.05, 0.1) is 12.3 Å². The van der Waals surface area contributed by atoms with Crippen LogP contribution in [0, 0.1) is 13.8 Å². The number of hydrogen-bond donors (Lipinski definition) is 1. The molecule has 0 atom stereocenters. The predicted octanol–water partition coefficient (Wildman–Crippen LogP) is 4.68. The molecule has 3 rings (SSSR count). The fraction of sp³-hybridized carbons (Fsp3) is 0.304. The Morgan fingerprint density at radius 2 is 1.79 bits per heavy atom. The molecule has 0 unspecified atom stereocenters. The van der Waals surface area contributed by atoms with E-state index in [0.29, 0.717) is 31.2 Å². The largest absolute Gasteiger partial charge is 0.486 e. The Labute approximate surface area is 175 Å². The number of nitrogens with zero attached hydrogens (tertiary/aromatic N) is 1. The fourth-order valence-corrected chi connectivity index (χ4v) is 3.62. The summed E-state index contributed by atoms with van der Waals surface area (Å²) in [6, 6.07) is 17.9. The zero-order chi connectivity index (χ0) is 20.5. The molecule has 3 aromatic rings.